The summed E-state index contributed by atoms with van der Waals surface area (Å²) < 4.78 is 6.93. The van der Waals surface area contributed by atoms with Gasteiger partial charge in [-0.2, -0.15) is 0 Å². The molecule has 38 heavy (non-hydrogen) atoms. The number of nitrogens with zero attached hydrogens (tertiary/aromatic N) is 2. The van der Waals surface area contributed by atoms with E-state index < -0.39 is 5.63 Å². The smallest absolute Gasteiger partial charge is 0.347 e. The van der Waals surface area contributed by atoms with Crippen LogP contribution in [0, 0.1) is 0 Å². The number of rotatable bonds is 9. The predicted octanol–water partition coefficient (Wildman–Crippen LogP) is 7.11. The van der Waals surface area contributed by atoms with E-state index in [0.717, 1.165) is 47.2 Å². The third kappa shape index (κ3) is 4.82. The Morgan fingerprint density at radius 3 is 2.50 bits per heavy atom. The van der Waals surface area contributed by atoms with Gasteiger partial charge < -0.3 is 14.6 Å². The van der Waals surface area contributed by atoms with Gasteiger partial charge in [0.15, 0.2) is 0 Å². The molecule has 0 aliphatic rings. The van der Waals surface area contributed by atoms with E-state index in [1.807, 2.05) is 66.7 Å². The lowest BCUT2D eigenvalue weighted by atomic mass is 9.92. The highest BCUT2D eigenvalue weighted by Crippen LogP contribution is 2.41. The van der Waals surface area contributed by atoms with Gasteiger partial charge in [0.1, 0.15) is 16.2 Å². The normalized spacial score (nSPS) is 11.2. The van der Waals surface area contributed by atoms with Crippen molar-refractivity contribution in [2.24, 2.45) is 0 Å². The third-order valence-corrected chi connectivity index (χ3v) is 7.84. The first kappa shape index (κ1) is 25.7. The van der Waals surface area contributed by atoms with Crippen molar-refractivity contribution in [3.8, 4) is 21.7 Å². The largest absolute Gasteiger partial charge is 0.422 e. The lowest BCUT2D eigenvalue weighted by molar-refractivity contribution is 0.0954. The maximum absolute atomic E-state index is 13.7. The van der Waals surface area contributed by atoms with Gasteiger partial charge in [0.25, 0.3) is 5.91 Å². The molecule has 1 N–H and O–H groups in total. The number of benzene rings is 3. The van der Waals surface area contributed by atoms with E-state index in [1.165, 1.54) is 11.3 Å². The molecule has 0 spiro atoms. The summed E-state index contributed by atoms with van der Waals surface area (Å²) in [4.78, 5) is 34.0. The molecule has 5 rings (SSSR count). The fourth-order valence-corrected chi connectivity index (χ4v) is 5.81. The molecule has 6 nitrogen and oxygen atoms in total. The van der Waals surface area contributed by atoms with Crippen molar-refractivity contribution in [1.82, 2.24) is 10.3 Å². The second-order valence-corrected chi connectivity index (χ2v) is 10.2. The van der Waals surface area contributed by atoms with E-state index in [1.54, 1.807) is 0 Å². The molecule has 7 heteroatoms. The number of carbonyl (C=O) groups excluding carboxylic acids is 1. The summed E-state index contributed by atoms with van der Waals surface area (Å²) in [7, 11) is 0. The Morgan fingerprint density at radius 2 is 1.74 bits per heavy atom. The maximum atomic E-state index is 13.7. The van der Waals surface area contributed by atoms with Crippen LogP contribution >= 0.6 is 11.3 Å². The molecule has 0 atom stereocenters. The molecule has 5 aromatic rings. The molecule has 2 heterocycles. The van der Waals surface area contributed by atoms with Crippen molar-refractivity contribution in [2.75, 3.05) is 24.5 Å². The van der Waals surface area contributed by atoms with Crippen molar-refractivity contribution >= 4 is 44.1 Å². The highest BCUT2D eigenvalue weighted by atomic mass is 32.1. The molecule has 0 saturated carbocycles. The molecule has 1 amide bonds. The molecule has 0 fully saturated rings. The lowest BCUT2D eigenvalue weighted by Crippen LogP contribution is -2.25. The Balaban J connectivity index is 1.80. The summed E-state index contributed by atoms with van der Waals surface area (Å²) in [5.41, 5.74) is 4.07. The van der Waals surface area contributed by atoms with Crippen molar-refractivity contribution in [3.05, 3.63) is 82.7 Å². The topological polar surface area (TPSA) is 75.4 Å². The van der Waals surface area contributed by atoms with E-state index in [4.69, 9.17) is 9.40 Å². The lowest BCUT2D eigenvalue weighted by Gasteiger charge is -2.21. The average Bonchev–Trinajstić information content (AvgIpc) is 3.37. The Labute approximate surface area is 225 Å². The van der Waals surface area contributed by atoms with E-state index in [2.05, 4.69) is 31.0 Å². The minimum Gasteiger partial charge on any atom is -0.422 e. The number of nitrogens with one attached hydrogen (secondary N) is 1. The molecule has 0 aliphatic carbocycles. The number of anilines is 1. The average molecular weight is 526 g/mol. The number of para-hydroxylation sites is 1. The Morgan fingerprint density at radius 1 is 0.974 bits per heavy atom. The number of aromatic nitrogens is 1. The fraction of sp³-hybridized carbons (Fsp3) is 0.258. The van der Waals surface area contributed by atoms with Gasteiger partial charge in [-0.25, -0.2) is 9.78 Å². The number of carbonyl (C=O) groups is 1. The zero-order chi connectivity index (χ0) is 26.6. The molecule has 0 radical (unpaired) electrons. The van der Waals surface area contributed by atoms with Crippen LogP contribution < -0.4 is 15.8 Å². The van der Waals surface area contributed by atoms with Gasteiger partial charge in [-0.3, -0.25) is 4.79 Å². The minimum absolute atomic E-state index is 0.162. The molecule has 194 valence electrons. The zero-order valence-corrected chi connectivity index (χ0v) is 22.7. The minimum atomic E-state index is -0.468. The maximum Gasteiger partial charge on any atom is 0.347 e. The number of hydrogen-bond acceptors (Lipinski definition) is 6. The van der Waals surface area contributed by atoms with Gasteiger partial charge in [0, 0.05) is 47.9 Å². The van der Waals surface area contributed by atoms with Crippen LogP contribution in [-0.2, 0) is 0 Å². The highest BCUT2D eigenvalue weighted by Gasteiger charge is 2.24. The molecule has 0 saturated heterocycles. The first-order valence-corrected chi connectivity index (χ1v) is 14.0. The summed E-state index contributed by atoms with van der Waals surface area (Å²) in [6, 6.07) is 21.2. The van der Waals surface area contributed by atoms with Crippen molar-refractivity contribution < 1.29 is 9.21 Å². The fourth-order valence-electron chi connectivity index (χ4n) is 4.80. The summed E-state index contributed by atoms with van der Waals surface area (Å²) in [6.45, 7) is 8.55. The molecule has 2 aromatic heterocycles. The van der Waals surface area contributed by atoms with Gasteiger partial charge in [-0.15, -0.1) is 11.3 Å². The van der Waals surface area contributed by atoms with Crippen LogP contribution in [0.15, 0.2) is 75.9 Å². The van der Waals surface area contributed by atoms with Gasteiger partial charge in [0.05, 0.1) is 10.2 Å². The van der Waals surface area contributed by atoms with Crippen LogP contribution in [0.1, 0.15) is 44.0 Å². The highest BCUT2D eigenvalue weighted by molar-refractivity contribution is 7.21. The number of amides is 1. The first-order chi connectivity index (χ1) is 18.5. The second-order valence-electron chi connectivity index (χ2n) is 9.13. The molecule has 0 bridgehead atoms. The molecule has 3 aromatic carbocycles. The molecular formula is C31H31N3O3S. The van der Waals surface area contributed by atoms with Crippen molar-refractivity contribution in [3.63, 3.8) is 0 Å². The monoisotopic (exact) mass is 525 g/mol. The predicted molar refractivity (Wildman–Crippen MR) is 157 cm³/mol. The van der Waals surface area contributed by atoms with Crippen LogP contribution in [0.4, 0.5) is 5.69 Å². The second kappa shape index (κ2) is 11.2. The van der Waals surface area contributed by atoms with Crippen LogP contribution in [-0.4, -0.2) is 30.5 Å². The summed E-state index contributed by atoms with van der Waals surface area (Å²) in [5, 5.41) is 4.37. The van der Waals surface area contributed by atoms with E-state index in [9.17, 15) is 9.59 Å². The van der Waals surface area contributed by atoms with E-state index in [-0.39, 0.29) is 5.91 Å². The quantitative estimate of drug-likeness (QED) is 0.164. The van der Waals surface area contributed by atoms with Crippen molar-refractivity contribution in [2.45, 2.75) is 33.6 Å². The summed E-state index contributed by atoms with van der Waals surface area (Å²) in [5.74, 6) is -0.162. The van der Waals surface area contributed by atoms with Gasteiger partial charge in [-0.1, -0.05) is 43.7 Å². The SMILES string of the molecule is CCCCNC(=O)c1ccccc1-c1c(-c2nc3ccccc3s2)c(=O)oc2cc(N(CC)CC)ccc12. The Bertz CT molecular complexity index is 1630. The third-order valence-electron chi connectivity index (χ3n) is 6.78. The van der Waals surface area contributed by atoms with Crippen LogP contribution in [0.25, 0.3) is 42.9 Å². The first-order valence-electron chi connectivity index (χ1n) is 13.1. The number of hydrogen-bond donors (Lipinski definition) is 1. The molecular weight excluding hydrogens is 494 g/mol. The molecule has 0 unspecified atom stereocenters. The summed E-state index contributed by atoms with van der Waals surface area (Å²) in [6.07, 6.45) is 1.89. The van der Waals surface area contributed by atoms with Crippen LogP contribution in [0.3, 0.4) is 0 Å². The van der Waals surface area contributed by atoms with Gasteiger partial charge in [-0.05, 0) is 56.2 Å². The molecule has 0 aliphatic heterocycles. The van der Waals surface area contributed by atoms with Crippen LogP contribution in [0.5, 0.6) is 0 Å². The van der Waals surface area contributed by atoms with Gasteiger partial charge in [0.2, 0.25) is 0 Å². The van der Waals surface area contributed by atoms with E-state index >= 15 is 0 Å². The number of unbranched alkanes of at least 4 members (excludes halogenated alkanes) is 1. The zero-order valence-electron chi connectivity index (χ0n) is 21.9. The van der Waals surface area contributed by atoms with Crippen molar-refractivity contribution in [1.29, 1.82) is 0 Å². The van der Waals surface area contributed by atoms with E-state index in [0.29, 0.717) is 39.4 Å². The standard InChI is InChI=1S/C31H31N3O3S/c1-4-7-18-32-29(35)22-13-9-8-12-21(22)27-23-17-16-20(34(5-2)6-3)19-25(23)37-31(36)28(27)30-33-24-14-10-11-15-26(24)38-30/h8-17,19H,4-7,18H2,1-3H3,(H,32,35). The number of fused-ring (bicyclic) bond motifs is 2. The Kier molecular flexibility index (Phi) is 7.56. The number of thiazole rings is 1. The summed E-state index contributed by atoms with van der Waals surface area (Å²) >= 11 is 1.45. The van der Waals surface area contributed by atoms with Crippen LogP contribution in [0.2, 0.25) is 0 Å². The Hall–Kier alpha value is -3.97. The van der Waals surface area contributed by atoms with Gasteiger partial charge >= 0.3 is 5.63 Å².